The second-order valence-electron chi connectivity index (χ2n) is 4.14. The summed E-state index contributed by atoms with van der Waals surface area (Å²) in [6.07, 6.45) is 1.23. The van der Waals surface area contributed by atoms with Gasteiger partial charge in [-0.1, -0.05) is 6.07 Å². The largest absolute Gasteiger partial charge is 0.508 e. The van der Waals surface area contributed by atoms with E-state index in [0.29, 0.717) is 18.8 Å². The zero-order valence-electron chi connectivity index (χ0n) is 10.5. The van der Waals surface area contributed by atoms with E-state index in [4.69, 9.17) is 9.52 Å². The summed E-state index contributed by atoms with van der Waals surface area (Å²) < 4.78 is 5.22. The van der Waals surface area contributed by atoms with Gasteiger partial charge < -0.3 is 19.5 Å². The Kier molecular flexibility index (Phi) is 3.75. The molecule has 0 radical (unpaired) electrons. The number of carboxylic acids is 1. The van der Waals surface area contributed by atoms with Gasteiger partial charge >= 0.3 is 5.97 Å². The maximum atomic E-state index is 10.8. The lowest BCUT2D eigenvalue weighted by Gasteiger charge is -2.21. The number of furan rings is 1. The van der Waals surface area contributed by atoms with Gasteiger partial charge in [0.1, 0.15) is 17.8 Å². The molecule has 0 bridgehead atoms. The van der Waals surface area contributed by atoms with Gasteiger partial charge in [0.05, 0.1) is 12.1 Å². The summed E-state index contributed by atoms with van der Waals surface area (Å²) in [5.74, 6) is -0.236. The van der Waals surface area contributed by atoms with E-state index in [2.05, 4.69) is 0 Å². The van der Waals surface area contributed by atoms with Crippen LogP contribution in [-0.2, 0) is 6.54 Å². The first kappa shape index (κ1) is 13.0. The Morgan fingerprint density at radius 2 is 2.16 bits per heavy atom. The molecular formula is C14H15NO4. The van der Waals surface area contributed by atoms with Crippen molar-refractivity contribution >= 4 is 11.7 Å². The molecule has 0 spiro atoms. The van der Waals surface area contributed by atoms with Crippen molar-refractivity contribution < 1.29 is 19.4 Å². The molecule has 0 saturated heterocycles. The van der Waals surface area contributed by atoms with Crippen molar-refractivity contribution in [2.75, 3.05) is 11.4 Å². The van der Waals surface area contributed by atoms with Crippen LogP contribution in [0.3, 0.4) is 0 Å². The van der Waals surface area contributed by atoms with Crippen molar-refractivity contribution in [2.24, 2.45) is 0 Å². The van der Waals surface area contributed by atoms with Crippen LogP contribution < -0.4 is 4.90 Å². The zero-order chi connectivity index (χ0) is 13.8. The quantitative estimate of drug-likeness (QED) is 0.865. The number of hydrogen-bond donors (Lipinski definition) is 2. The molecule has 2 rings (SSSR count). The molecule has 2 N–H and O–H groups in total. The van der Waals surface area contributed by atoms with Gasteiger partial charge in [0, 0.05) is 18.3 Å². The van der Waals surface area contributed by atoms with Gasteiger partial charge in [-0.25, -0.2) is 4.79 Å². The Labute approximate surface area is 110 Å². The second kappa shape index (κ2) is 5.48. The van der Waals surface area contributed by atoms with E-state index in [0.717, 1.165) is 5.69 Å². The molecule has 0 saturated carbocycles. The Hall–Kier alpha value is -2.43. The summed E-state index contributed by atoms with van der Waals surface area (Å²) in [7, 11) is 0. The molecule has 1 aromatic heterocycles. The molecule has 5 heteroatoms. The summed E-state index contributed by atoms with van der Waals surface area (Å²) in [4.78, 5) is 12.8. The van der Waals surface area contributed by atoms with Crippen LogP contribution in [0.1, 0.15) is 23.0 Å². The average molecular weight is 261 g/mol. The fraction of sp³-hybridized carbons (Fsp3) is 0.214. The van der Waals surface area contributed by atoms with Crippen molar-refractivity contribution in [1.82, 2.24) is 0 Å². The van der Waals surface area contributed by atoms with Gasteiger partial charge in [0.25, 0.3) is 0 Å². The summed E-state index contributed by atoms with van der Waals surface area (Å²) in [6.45, 7) is 3.14. The number of carboxylic acid groups (broad SMARTS) is 1. The molecule has 1 heterocycles. The van der Waals surface area contributed by atoms with E-state index >= 15 is 0 Å². The van der Waals surface area contributed by atoms with E-state index in [9.17, 15) is 9.90 Å². The number of aromatic carboxylic acids is 1. The Bertz CT molecular complexity index is 576. The normalized spacial score (nSPS) is 10.4. The number of aromatic hydroxyl groups is 1. The Balaban J connectivity index is 2.16. The molecule has 0 fully saturated rings. The number of anilines is 1. The minimum atomic E-state index is -1.00. The smallest absolute Gasteiger partial charge is 0.338 e. The highest BCUT2D eigenvalue weighted by atomic mass is 16.4. The molecule has 2 aromatic rings. The average Bonchev–Trinajstić information content (AvgIpc) is 2.84. The van der Waals surface area contributed by atoms with Crippen molar-refractivity contribution in [3.63, 3.8) is 0 Å². The standard InChI is InChI=1S/C14H15NO4/c1-2-15(11-4-3-5-12(16)7-11)8-13-6-10(9-19-13)14(17)18/h3-7,9,16H,2,8H2,1H3,(H,17,18). The topological polar surface area (TPSA) is 73.9 Å². The molecule has 19 heavy (non-hydrogen) atoms. The fourth-order valence-electron chi connectivity index (χ4n) is 1.84. The highest BCUT2D eigenvalue weighted by Crippen LogP contribution is 2.22. The summed E-state index contributed by atoms with van der Waals surface area (Å²) >= 11 is 0. The van der Waals surface area contributed by atoms with E-state index in [1.165, 1.54) is 12.3 Å². The first-order valence-electron chi connectivity index (χ1n) is 5.95. The molecule has 100 valence electrons. The highest BCUT2D eigenvalue weighted by molar-refractivity contribution is 5.87. The van der Waals surface area contributed by atoms with Gasteiger partial charge in [0.2, 0.25) is 0 Å². The first-order chi connectivity index (χ1) is 9.10. The van der Waals surface area contributed by atoms with Crippen LogP contribution in [0.25, 0.3) is 0 Å². The molecule has 0 aliphatic rings. The molecule has 0 aliphatic heterocycles. The number of hydrogen-bond acceptors (Lipinski definition) is 4. The number of nitrogens with zero attached hydrogens (tertiary/aromatic N) is 1. The van der Waals surface area contributed by atoms with Gasteiger partial charge in [-0.15, -0.1) is 0 Å². The van der Waals surface area contributed by atoms with E-state index in [1.54, 1.807) is 18.2 Å². The summed E-state index contributed by atoms with van der Waals surface area (Å²) in [5, 5.41) is 18.3. The van der Waals surface area contributed by atoms with Gasteiger partial charge in [0.15, 0.2) is 0 Å². The fourth-order valence-corrected chi connectivity index (χ4v) is 1.84. The lowest BCUT2D eigenvalue weighted by Crippen LogP contribution is -2.21. The highest BCUT2D eigenvalue weighted by Gasteiger charge is 2.12. The number of carbonyl (C=O) groups is 1. The monoisotopic (exact) mass is 261 g/mol. The molecule has 5 nitrogen and oxygen atoms in total. The Morgan fingerprint density at radius 3 is 2.74 bits per heavy atom. The number of rotatable bonds is 5. The molecular weight excluding hydrogens is 246 g/mol. The van der Waals surface area contributed by atoms with Crippen molar-refractivity contribution in [2.45, 2.75) is 13.5 Å². The maximum absolute atomic E-state index is 10.8. The Morgan fingerprint density at radius 1 is 1.37 bits per heavy atom. The molecule has 0 unspecified atom stereocenters. The third kappa shape index (κ3) is 3.07. The third-order valence-electron chi connectivity index (χ3n) is 2.82. The lowest BCUT2D eigenvalue weighted by atomic mass is 10.2. The minimum Gasteiger partial charge on any atom is -0.508 e. The second-order valence-corrected chi connectivity index (χ2v) is 4.14. The molecule has 0 atom stereocenters. The predicted octanol–water partition coefficient (Wildman–Crippen LogP) is 2.71. The zero-order valence-corrected chi connectivity index (χ0v) is 10.5. The van der Waals surface area contributed by atoms with Crippen LogP contribution in [0.5, 0.6) is 5.75 Å². The summed E-state index contributed by atoms with van der Waals surface area (Å²) in [6, 6.07) is 8.41. The SMILES string of the molecule is CCN(Cc1cc(C(=O)O)co1)c1cccc(O)c1. The van der Waals surface area contributed by atoms with Gasteiger partial charge in [-0.05, 0) is 25.1 Å². The first-order valence-corrected chi connectivity index (χ1v) is 5.95. The number of phenolic OH excluding ortho intramolecular Hbond substituents is 1. The maximum Gasteiger partial charge on any atom is 0.338 e. The van der Waals surface area contributed by atoms with Crippen molar-refractivity contribution in [3.05, 3.63) is 47.9 Å². The van der Waals surface area contributed by atoms with E-state index in [-0.39, 0.29) is 11.3 Å². The minimum absolute atomic E-state index is 0.141. The number of phenols is 1. The van der Waals surface area contributed by atoms with Crippen molar-refractivity contribution in [1.29, 1.82) is 0 Å². The molecule has 0 amide bonds. The van der Waals surface area contributed by atoms with Gasteiger partial charge in [-0.3, -0.25) is 0 Å². The molecule has 1 aromatic carbocycles. The van der Waals surface area contributed by atoms with Crippen LogP contribution in [0.4, 0.5) is 5.69 Å². The third-order valence-corrected chi connectivity index (χ3v) is 2.82. The predicted molar refractivity (Wildman–Crippen MR) is 70.5 cm³/mol. The lowest BCUT2D eigenvalue weighted by molar-refractivity contribution is 0.0696. The molecule has 0 aliphatic carbocycles. The van der Waals surface area contributed by atoms with E-state index in [1.807, 2.05) is 17.9 Å². The van der Waals surface area contributed by atoms with Crippen LogP contribution in [0, 0.1) is 0 Å². The van der Waals surface area contributed by atoms with Crippen LogP contribution in [-0.4, -0.2) is 22.7 Å². The van der Waals surface area contributed by atoms with Crippen LogP contribution >= 0.6 is 0 Å². The number of benzene rings is 1. The summed E-state index contributed by atoms with van der Waals surface area (Å²) in [5.41, 5.74) is 0.998. The van der Waals surface area contributed by atoms with Crippen LogP contribution in [0.2, 0.25) is 0 Å². The van der Waals surface area contributed by atoms with Gasteiger partial charge in [-0.2, -0.15) is 0 Å². The van der Waals surface area contributed by atoms with E-state index < -0.39 is 5.97 Å². The van der Waals surface area contributed by atoms with Crippen molar-refractivity contribution in [3.8, 4) is 5.75 Å². The van der Waals surface area contributed by atoms with Crippen LogP contribution in [0.15, 0.2) is 41.0 Å².